The number of ether oxygens (including phenoxy) is 1. The molecule has 1 N–H and O–H groups in total. The Morgan fingerprint density at radius 2 is 1.88 bits per heavy atom. The van der Waals surface area contributed by atoms with E-state index < -0.39 is 5.60 Å². The molecule has 0 atom stereocenters. The summed E-state index contributed by atoms with van der Waals surface area (Å²) < 4.78 is 5.69. The largest absolute Gasteiger partial charge is 0.373 e. The molecule has 0 unspecified atom stereocenters. The van der Waals surface area contributed by atoms with Crippen LogP contribution in [-0.4, -0.2) is 23.6 Å². The minimum Gasteiger partial charge on any atom is -0.373 e. The summed E-state index contributed by atoms with van der Waals surface area (Å²) in [5.41, 5.74) is 1.75. The number of aromatic nitrogens is 2. The van der Waals surface area contributed by atoms with Crippen molar-refractivity contribution in [2.75, 3.05) is 19.0 Å². The van der Waals surface area contributed by atoms with E-state index in [1.165, 1.54) is 5.56 Å². The zero-order valence-electron chi connectivity index (χ0n) is 11.7. The Morgan fingerprint density at radius 3 is 2.35 bits per heavy atom. The van der Waals surface area contributed by atoms with Crippen LogP contribution in [-0.2, 0) is 16.8 Å². The molecule has 0 fully saturated rings. The fourth-order valence-electron chi connectivity index (χ4n) is 1.92. The molecule has 0 bridgehead atoms. The van der Waals surface area contributed by atoms with Gasteiger partial charge < -0.3 is 10.1 Å². The first-order valence-corrected chi connectivity index (χ1v) is 6.15. The molecular weight excluding hydrogens is 214 g/mol. The first kappa shape index (κ1) is 13.9. The molecule has 17 heavy (non-hydrogen) atoms. The third-order valence-corrected chi connectivity index (χ3v) is 2.85. The third-order valence-electron chi connectivity index (χ3n) is 2.85. The molecule has 0 amide bonds. The molecule has 0 spiro atoms. The summed E-state index contributed by atoms with van der Waals surface area (Å²) in [5, 5.41) is 3.14. The van der Waals surface area contributed by atoms with E-state index in [-0.39, 0.29) is 0 Å². The van der Waals surface area contributed by atoms with Crippen molar-refractivity contribution in [3.8, 4) is 0 Å². The predicted molar refractivity (Wildman–Crippen MR) is 70.3 cm³/mol. The molecule has 0 radical (unpaired) electrons. The van der Waals surface area contributed by atoms with Crippen molar-refractivity contribution in [3.63, 3.8) is 0 Å². The molecule has 4 heteroatoms. The van der Waals surface area contributed by atoms with Crippen molar-refractivity contribution >= 4 is 5.82 Å². The van der Waals surface area contributed by atoms with E-state index >= 15 is 0 Å². The normalized spacial score (nSPS) is 11.6. The van der Waals surface area contributed by atoms with Gasteiger partial charge in [0.2, 0.25) is 0 Å². The summed E-state index contributed by atoms with van der Waals surface area (Å²) >= 11 is 0. The minimum absolute atomic E-state index is 0.447. The average molecular weight is 237 g/mol. The number of hydrogen-bond donors (Lipinski definition) is 1. The van der Waals surface area contributed by atoms with Gasteiger partial charge in [-0.2, -0.15) is 0 Å². The molecule has 0 saturated carbocycles. The van der Waals surface area contributed by atoms with Crippen molar-refractivity contribution in [2.45, 2.75) is 46.6 Å². The highest BCUT2D eigenvalue weighted by Crippen LogP contribution is 2.25. The predicted octanol–water partition coefficient (Wildman–Crippen LogP) is 2.66. The van der Waals surface area contributed by atoms with Crippen LogP contribution in [0, 0.1) is 6.92 Å². The summed E-state index contributed by atoms with van der Waals surface area (Å²) in [7, 11) is 1.89. The van der Waals surface area contributed by atoms with Crippen LogP contribution in [0.1, 0.15) is 44.8 Å². The smallest absolute Gasteiger partial charge is 0.162 e. The Kier molecular flexibility index (Phi) is 4.46. The summed E-state index contributed by atoms with van der Waals surface area (Å²) in [6.07, 6.45) is 0.928. The van der Waals surface area contributed by atoms with E-state index in [0.717, 1.165) is 23.8 Å². The minimum atomic E-state index is -0.447. The molecule has 1 rings (SSSR count). The van der Waals surface area contributed by atoms with Gasteiger partial charge in [-0.1, -0.05) is 6.92 Å². The van der Waals surface area contributed by atoms with Gasteiger partial charge in [-0.15, -0.1) is 0 Å². The Bertz CT molecular complexity index is 388. The van der Waals surface area contributed by atoms with Crippen LogP contribution >= 0.6 is 0 Å². The lowest BCUT2D eigenvalue weighted by molar-refractivity contribution is -0.0208. The van der Waals surface area contributed by atoms with Gasteiger partial charge in [0, 0.05) is 24.9 Å². The van der Waals surface area contributed by atoms with Gasteiger partial charge in [0.15, 0.2) is 5.82 Å². The molecule has 0 aliphatic carbocycles. The number of hydrogen-bond acceptors (Lipinski definition) is 4. The third kappa shape index (κ3) is 2.94. The Morgan fingerprint density at radius 1 is 1.24 bits per heavy atom. The fourth-order valence-corrected chi connectivity index (χ4v) is 1.92. The monoisotopic (exact) mass is 237 g/mol. The molecule has 0 aliphatic rings. The first-order valence-electron chi connectivity index (χ1n) is 6.15. The summed E-state index contributed by atoms with van der Waals surface area (Å²) in [5.74, 6) is 1.64. The van der Waals surface area contributed by atoms with Gasteiger partial charge >= 0.3 is 0 Å². The highest BCUT2D eigenvalue weighted by Gasteiger charge is 2.26. The molecular formula is C13H23N3O. The van der Waals surface area contributed by atoms with Crippen molar-refractivity contribution in [2.24, 2.45) is 0 Å². The molecule has 1 aromatic rings. The number of nitrogens with one attached hydrogen (secondary N) is 1. The standard InChI is InChI=1S/C13H23N3O/c1-7-10-9(3)15-12(16-11(10)14-6)13(4,5)17-8-2/h7-8H2,1-6H3,(H,14,15,16). The SMILES string of the molecule is CCOC(C)(C)c1nc(C)c(CC)c(NC)n1. The second-order valence-corrected chi connectivity index (χ2v) is 4.51. The zero-order chi connectivity index (χ0) is 13.1. The first-order chi connectivity index (χ1) is 7.96. The summed E-state index contributed by atoms with van der Waals surface area (Å²) in [6.45, 7) is 10.8. The van der Waals surface area contributed by atoms with Crippen LogP contribution in [0.25, 0.3) is 0 Å². The van der Waals surface area contributed by atoms with Gasteiger partial charge in [-0.05, 0) is 34.1 Å². The number of anilines is 1. The van der Waals surface area contributed by atoms with Crippen LogP contribution in [0.3, 0.4) is 0 Å². The van der Waals surface area contributed by atoms with Gasteiger partial charge in [0.25, 0.3) is 0 Å². The highest BCUT2D eigenvalue weighted by molar-refractivity contribution is 5.46. The van der Waals surface area contributed by atoms with Crippen LogP contribution in [0.5, 0.6) is 0 Å². The lowest BCUT2D eigenvalue weighted by Gasteiger charge is -2.24. The number of rotatable bonds is 5. The van der Waals surface area contributed by atoms with Gasteiger partial charge in [0.05, 0.1) is 0 Å². The Hall–Kier alpha value is -1.16. The van der Waals surface area contributed by atoms with Crippen LogP contribution < -0.4 is 5.32 Å². The van der Waals surface area contributed by atoms with E-state index in [4.69, 9.17) is 4.74 Å². The van der Waals surface area contributed by atoms with Crippen LogP contribution in [0.4, 0.5) is 5.82 Å². The van der Waals surface area contributed by atoms with E-state index in [2.05, 4.69) is 22.2 Å². The zero-order valence-corrected chi connectivity index (χ0v) is 11.7. The highest BCUT2D eigenvalue weighted by atomic mass is 16.5. The number of aryl methyl sites for hydroxylation is 1. The van der Waals surface area contributed by atoms with E-state index in [1.807, 2.05) is 34.7 Å². The summed E-state index contributed by atoms with van der Waals surface area (Å²) in [4.78, 5) is 9.13. The second-order valence-electron chi connectivity index (χ2n) is 4.51. The molecule has 0 saturated heterocycles. The van der Waals surface area contributed by atoms with E-state index in [1.54, 1.807) is 0 Å². The quantitative estimate of drug-likeness (QED) is 0.855. The average Bonchev–Trinajstić information content (AvgIpc) is 2.27. The molecule has 4 nitrogen and oxygen atoms in total. The van der Waals surface area contributed by atoms with Crippen molar-refractivity contribution in [1.82, 2.24) is 9.97 Å². The lowest BCUT2D eigenvalue weighted by atomic mass is 10.1. The topological polar surface area (TPSA) is 47.0 Å². The van der Waals surface area contributed by atoms with Crippen LogP contribution in [0.15, 0.2) is 0 Å². The Labute approximate surface area is 104 Å². The molecule has 1 heterocycles. The maximum atomic E-state index is 5.69. The van der Waals surface area contributed by atoms with Crippen molar-refractivity contribution < 1.29 is 4.74 Å². The molecule has 96 valence electrons. The lowest BCUT2D eigenvalue weighted by Crippen LogP contribution is -2.26. The number of nitrogens with zero attached hydrogens (tertiary/aromatic N) is 2. The molecule has 1 aromatic heterocycles. The maximum Gasteiger partial charge on any atom is 0.162 e. The fraction of sp³-hybridized carbons (Fsp3) is 0.692. The van der Waals surface area contributed by atoms with Crippen molar-refractivity contribution in [3.05, 3.63) is 17.1 Å². The van der Waals surface area contributed by atoms with Crippen molar-refractivity contribution in [1.29, 1.82) is 0 Å². The Balaban J connectivity index is 3.24. The molecule has 0 aromatic carbocycles. The van der Waals surface area contributed by atoms with E-state index in [9.17, 15) is 0 Å². The second kappa shape index (κ2) is 5.45. The van der Waals surface area contributed by atoms with Crippen LogP contribution in [0.2, 0.25) is 0 Å². The molecule has 0 aliphatic heterocycles. The summed E-state index contributed by atoms with van der Waals surface area (Å²) in [6, 6.07) is 0. The van der Waals surface area contributed by atoms with Gasteiger partial charge in [-0.3, -0.25) is 0 Å². The maximum absolute atomic E-state index is 5.69. The van der Waals surface area contributed by atoms with Gasteiger partial charge in [0.1, 0.15) is 11.4 Å². The van der Waals surface area contributed by atoms with E-state index in [0.29, 0.717) is 6.61 Å². The van der Waals surface area contributed by atoms with Gasteiger partial charge in [-0.25, -0.2) is 9.97 Å².